The summed E-state index contributed by atoms with van der Waals surface area (Å²) in [7, 11) is 0. The molecule has 2 aromatic carbocycles. The first-order valence-electron chi connectivity index (χ1n) is 9.53. The van der Waals surface area contributed by atoms with Gasteiger partial charge in [0.1, 0.15) is 11.9 Å². The molecule has 0 aromatic heterocycles. The highest BCUT2D eigenvalue weighted by Gasteiger charge is 2.46. The molecule has 1 saturated heterocycles. The van der Waals surface area contributed by atoms with E-state index < -0.39 is 29.7 Å². The van der Waals surface area contributed by atoms with Gasteiger partial charge < -0.3 is 10.2 Å². The van der Waals surface area contributed by atoms with Gasteiger partial charge in [-0.3, -0.25) is 9.59 Å². The molecule has 2 aromatic rings. The smallest absolute Gasteiger partial charge is 0.326 e. The molecule has 1 aliphatic rings. The van der Waals surface area contributed by atoms with Gasteiger partial charge in [-0.15, -0.1) is 0 Å². The van der Waals surface area contributed by atoms with E-state index in [1.54, 1.807) is 12.1 Å². The molecule has 1 atom stereocenters. The molecule has 29 heavy (non-hydrogen) atoms. The highest BCUT2D eigenvalue weighted by molar-refractivity contribution is 6.22. The monoisotopic (exact) mass is 397 g/mol. The first kappa shape index (κ1) is 20.5. The average Bonchev–Trinajstić information content (AvgIpc) is 2.88. The predicted octanol–water partition coefficient (Wildman–Crippen LogP) is 3.96. The van der Waals surface area contributed by atoms with Gasteiger partial charge in [0.25, 0.3) is 5.91 Å². The topological polar surface area (TPSA) is 69.7 Å². The number of benzene rings is 2. The molecule has 7 heteroatoms. The number of carbonyl (C=O) groups excluding carboxylic acids is 3. The fourth-order valence-electron chi connectivity index (χ4n) is 3.29. The van der Waals surface area contributed by atoms with E-state index in [4.69, 9.17) is 0 Å². The van der Waals surface area contributed by atoms with Crippen LogP contribution in [0.25, 0.3) is 0 Å². The maximum Gasteiger partial charge on any atom is 0.332 e. The first-order chi connectivity index (χ1) is 13.8. The highest BCUT2D eigenvalue weighted by atomic mass is 19.1. The second kappa shape index (κ2) is 8.43. The van der Waals surface area contributed by atoms with Crippen molar-refractivity contribution in [3.63, 3.8) is 0 Å². The Morgan fingerprint density at radius 2 is 1.69 bits per heavy atom. The van der Waals surface area contributed by atoms with Crippen LogP contribution in [0, 0.1) is 18.7 Å². The number of hydrogen-bond acceptors (Lipinski definition) is 3. The lowest BCUT2D eigenvalue weighted by Crippen LogP contribution is -2.40. The summed E-state index contributed by atoms with van der Waals surface area (Å²) in [5.41, 5.74) is 1.93. The van der Waals surface area contributed by atoms with Crippen molar-refractivity contribution >= 4 is 29.2 Å². The Hall–Kier alpha value is -3.22. The number of nitrogens with zero attached hydrogens (tertiary/aromatic N) is 2. The summed E-state index contributed by atoms with van der Waals surface area (Å²) in [4.78, 5) is 41.1. The minimum atomic E-state index is -0.883. The van der Waals surface area contributed by atoms with Crippen molar-refractivity contribution in [2.24, 2.45) is 5.92 Å². The number of imide groups is 1. The van der Waals surface area contributed by atoms with Gasteiger partial charge in [-0.05, 0) is 49.2 Å². The number of nitrogens with one attached hydrogen (secondary N) is 1. The van der Waals surface area contributed by atoms with E-state index in [2.05, 4.69) is 5.32 Å². The lowest BCUT2D eigenvalue weighted by Gasteiger charge is -2.23. The lowest BCUT2D eigenvalue weighted by atomic mass is 10.1. The third kappa shape index (κ3) is 4.62. The van der Waals surface area contributed by atoms with Gasteiger partial charge in [0, 0.05) is 12.2 Å². The van der Waals surface area contributed by atoms with E-state index >= 15 is 0 Å². The molecule has 4 amide bonds. The van der Waals surface area contributed by atoms with Gasteiger partial charge >= 0.3 is 6.03 Å². The molecule has 1 unspecified atom stereocenters. The third-order valence-corrected chi connectivity index (χ3v) is 4.68. The zero-order valence-corrected chi connectivity index (χ0v) is 16.7. The van der Waals surface area contributed by atoms with Crippen LogP contribution in [0.3, 0.4) is 0 Å². The van der Waals surface area contributed by atoms with E-state index in [0.29, 0.717) is 17.9 Å². The van der Waals surface area contributed by atoms with Gasteiger partial charge in [0.2, 0.25) is 5.91 Å². The minimum absolute atomic E-state index is 0.132. The quantitative estimate of drug-likeness (QED) is 0.750. The summed E-state index contributed by atoms with van der Waals surface area (Å²) in [5, 5.41) is 2.65. The van der Waals surface area contributed by atoms with Crippen molar-refractivity contribution in [2.45, 2.75) is 33.2 Å². The van der Waals surface area contributed by atoms with Crippen molar-refractivity contribution in [1.82, 2.24) is 4.90 Å². The van der Waals surface area contributed by atoms with E-state index in [1.165, 1.54) is 29.2 Å². The summed E-state index contributed by atoms with van der Waals surface area (Å²) in [6.07, 6.45) is -0.170. The average molecular weight is 397 g/mol. The molecule has 6 nitrogen and oxygen atoms in total. The molecule has 1 aliphatic heterocycles. The number of anilines is 2. The molecule has 0 spiro atoms. The van der Waals surface area contributed by atoms with E-state index in [1.807, 2.05) is 32.9 Å². The van der Waals surface area contributed by atoms with Gasteiger partial charge in [0.15, 0.2) is 0 Å². The molecule has 1 heterocycles. The molecule has 0 radical (unpaired) electrons. The van der Waals surface area contributed by atoms with E-state index in [0.717, 1.165) is 10.5 Å². The number of carbonyl (C=O) groups is 3. The summed E-state index contributed by atoms with van der Waals surface area (Å²) in [5.74, 6) is -1.11. The summed E-state index contributed by atoms with van der Waals surface area (Å²) < 4.78 is 13.0. The standard InChI is InChI=1S/C22H24FN3O3/c1-14(2)13-25-19(12-20(27)24-17-8-6-16(23)7-9-17)21(28)26(22(25)29)18-10-4-15(3)5-11-18/h4-11,14,19H,12-13H2,1-3H3,(H,24,27). The SMILES string of the molecule is Cc1ccc(N2C(=O)C(CC(=O)Nc3ccc(F)cc3)N(CC(C)C)C2=O)cc1. The molecule has 0 saturated carbocycles. The molecular formula is C22H24FN3O3. The largest absolute Gasteiger partial charge is 0.332 e. The number of amides is 4. The second-order valence-corrected chi connectivity index (χ2v) is 7.61. The van der Waals surface area contributed by atoms with Crippen molar-refractivity contribution in [2.75, 3.05) is 16.8 Å². The fourth-order valence-corrected chi connectivity index (χ4v) is 3.29. The normalized spacial score (nSPS) is 16.7. The number of hydrogen-bond donors (Lipinski definition) is 1. The summed E-state index contributed by atoms with van der Waals surface area (Å²) in [6, 6.07) is 11.2. The van der Waals surface area contributed by atoms with Crippen LogP contribution in [0.4, 0.5) is 20.6 Å². The van der Waals surface area contributed by atoms with Crippen molar-refractivity contribution in [3.8, 4) is 0 Å². The zero-order chi connectivity index (χ0) is 21.1. The Kier molecular flexibility index (Phi) is 5.96. The Balaban J connectivity index is 1.81. The van der Waals surface area contributed by atoms with Crippen LogP contribution in [0.1, 0.15) is 25.8 Å². The Labute approximate surface area is 169 Å². The van der Waals surface area contributed by atoms with E-state index in [9.17, 15) is 18.8 Å². The lowest BCUT2D eigenvalue weighted by molar-refractivity contribution is -0.124. The number of urea groups is 1. The van der Waals surface area contributed by atoms with Crippen LogP contribution < -0.4 is 10.2 Å². The minimum Gasteiger partial charge on any atom is -0.326 e. The Morgan fingerprint density at radius 1 is 1.07 bits per heavy atom. The van der Waals surface area contributed by atoms with Crippen LogP contribution in [-0.2, 0) is 9.59 Å². The second-order valence-electron chi connectivity index (χ2n) is 7.61. The third-order valence-electron chi connectivity index (χ3n) is 4.68. The fraction of sp³-hybridized carbons (Fsp3) is 0.318. The number of rotatable bonds is 6. The molecule has 1 fully saturated rings. The highest BCUT2D eigenvalue weighted by Crippen LogP contribution is 2.28. The Morgan fingerprint density at radius 3 is 2.28 bits per heavy atom. The maximum absolute atomic E-state index is 13.1. The van der Waals surface area contributed by atoms with Crippen LogP contribution in [0.5, 0.6) is 0 Å². The zero-order valence-electron chi connectivity index (χ0n) is 16.7. The van der Waals surface area contributed by atoms with Gasteiger partial charge in [-0.25, -0.2) is 14.1 Å². The van der Waals surface area contributed by atoms with Crippen LogP contribution in [0.15, 0.2) is 48.5 Å². The molecule has 0 aliphatic carbocycles. The van der Waals surface area contributed by atoms with Crippen molar-refractivity contribution in [3.05, 3.63) is 59.9 Å². The molecular weight excluding hydrogens is 373 g/mol. The van der Waals surface area contributed by atoms with Crippen molar-refractivity contribution in [1.29, 1.82) is 0 Å². The van der Waals surface area contributed by atoms with Gasteiger partial charge in [-0.2, -0.15) is 0 Å². The van der Waals surface area contributed by atoms with E-state index in [-0.39, 0.29) is 12.3 Å². The molecule has 0 bridgehead atoms. The summed E-state index contributed by atoms with van der Waals surface area (Å²) >= 11 is 0. The van der Waals surface area contributed by atoms with Gasteiger partial charge in [0.05, 0.1) is 12.1 Å². The van der Waals surface area contributed by atoms with Crippen LogP contribution in [-0.4, -0.2) is 35.3 Å². The van der Waals surface area contributed by atoms with Crippen LogP contribution >= 0.6 is 0 Å². The van der Waals surface area contributed by atoms with Gasteiger partial charge in [-0.1, -0.05) is 31.5 Å². The van der Waals surface area contributed by atoms with Crippen LogP contribution in [0.2, 0.25) is 0 Å². The number of aryl methyl sites for hydroxylation is 1. The predicted molar refractivity (Wildman–Crippen MR) is 109 cm³/mol. The maximum atomic E-state index is 13.1. The molecule has 152 valence electrons. The first-order valence-corrected chi connectivity index (χ1v) is 9.53. The molecule has 1 N–H and O–H groups in total. The summed E-state index contributed by atoms with van der Waals surface area (Å²) in [6.45, 7) is 6.18. The molecule has 3 rings (SSSR count). The number of halogens is 1. The van der Waals surface area contributed by atoms with Crippen molar-refractivity contribution < 1.29 is 18.8 Å². The Bertz CT molecular complexity index is 910.